The molecule has 3 heteroatoms. The number of hydrogen-bond donors (Lipinski definition) is 1. The van der Waals surface area contributed by atoms with E-state index >= 15 is 0 Å². The molecule has 3 nitrogen and oxygen atoms in total. The topological polar surface area (TPSA) is 30.5 Å². The van der Waals surface area contributed by atoms with Gasteiger partial charge in [0.2, 0.25) is 0 Å². The van der Waals surface area contributed by atoms with Gasteiger partial charge in [0.05, 0.1) is 18.3 Å². The number of ether oxygens (including phenoxy) is 2. The summed E-state index contributed by atoms with van der Waals surface area (Å²) in [4.78, 5) is 0. The molecule has 1 saturated carbocycles. The lowest BCUT2D eigenvalue weighted by molar-refractivity contribution is -0.148. The summed E-state index contributed by atoms with van der Waals surface area (Å²) in [6, 6.07) is 0.622. The van der Waals surface area contributed by atoms with Crippen LogP contribution in [0.2, 0.25) is 0 Å². The molecule has 1 aliphatic carbocycles. The van der Waals surface area contributed by atoms with Gasteiger partial charge in [-0.05, 0) is 58.4 Å². The highest BCUT2D eigenvalue weighted by molar-refractivity contribution is 4.98. The molecule has 0 aromatic heterocycles. The van der Waals surface area contributed by atoms with E-state index in [1.807, 2.05) is 0 Å². The fourth-order valence-electron chi connectivity index (χ4n) is 4.25. The van der Waals surface area contributed by atoms with Crippen molar-refractivity contribution in [1.29, 1.82) is 0 Å². The fourth-order valence-corrected chi connectivity index (χ4v) is 4.25. The van der Waals surface area contributed by atoms with E-state index in [1.165, 1.54) is 38.5 Å². The van der Waals surface area contributed by atoms with Crippen molar-refractivity contribution >= 4 is 0 Å². The van der Waals surface area contributed by atoms with Gasteiger partial charge in [-0.15, -0.1) is 0 Å². The van der Waals surface area contributed by atoms with Gasteiger partial charge >= 0.3 is 0 Å². The molecule has 0 bridgehead atoms. The van der Waals surface area contributed by atoms with Crippen molar-refractivity contribution in [3.63, 3.8) is 0 Å². The van der Waals surface area contributed by atoms with Crippen LogP contribution in [0.5, 0.6) is 0 Å². The van der Waals surface area contributed by atoms with Crippen molar-refractivity contribution in [3.05, 3.63) is 0 Å². The van der Waals surface area contributed by atoms with E-state index in [0.29, 0.717) is 18.1 Å². The SMILES string of the molecule is CNC(C1COC(C)C1)C1CCOC2(CCC2)C1. The minimum Gasteiger partial charge on any atom is -0.378 e. The third-order valence-electron chi connectivity index (χ3n) is 5.37. The van der Waals surface area contributed by atoms with Crippen LogP contribution in [-0.2, 0) is 9.47 Å². The van der Waals surface area contributed by atoms with Gasteiger partial charge in [-0.2, -0.15) is 0 Å². The Balaban J connectivity index is 1.64. The van der Waals surface area contributed by atoms with E-state index in [2.05, 4.69) is 19.3 Å². The average molecular weight is 253 g/mol. The lowest BCUT2D eigenvalue weighted by Gasteiger charge is -2.49. The molecule has 1 spiro atoms. The third-order valence-corrected chi connectivity index (χ3v) is 5.37. The zero-order chi connectivity index (χ0) is 12.6. The van der Waals surface area contributed by atoms with Gasteiger partial charge in [0, 0.05) is 18.6 Å². The summed E-state index contributed by atoms with van der Waals surface area (Å²) in [5.41, 5.74) is 0.267. The number of hydrogen-bond acceptors (Lipinski definition) is 3. The summed E-state index contributed by atoms with van der Waals surface area (Å²) < 4.78 is 11.8. The first kappa shape index (κ1) is 12.9. The predicted octanol–water partition coefficient (Wildman–Crippen LogP) is 2.35. The molecule has 2 heterocycles. The Hall–Kier alpha value is -0.120. The monoisotopic (exact) mass is 253 g/mol. The van der Waals surface area contributed by atoms with Crippen LogP contribution >= 0.6 is 0 Å². The molecule has 3 fully saturated rings. The fraction of sp³-hybridized carbons (Fsp3) is 1.00. The van der Waals surface area contributed by atoms with Gasteiger partial charge in [0.25, 0.3) is 0 Å². The maximum Gasteiger partial charge on any atom is 0.0685 e. The van der Waals surface area contributed by atoms with Gasteiger partial charge in [0.15, 0.2) is 0 Å². The molecular formula is C15H27NO2. The molecular weight excluding hydrogens is 226 g/mol. The van der Waals surface area contributed by atoms with Crippen LogP contribution in [0.3, 0.4) is 0 Å². The van der Waals surface area contributed by atoms with Crippen LogP contribution in [0.25, 0.3) is 0 Å². The normalized spacial score (nSPS) is 40.7. The van der Waals surface area contributed by atoms with Gasteiger partial charge in [-0.1, -0.05) is 0 Å². The Labute approximate surface area is 111 Å². The molecule has 2 aliphatic heterocycles. The molecule has 3 rings (SSSR count). The summed E-state index contributed by atoms with van der Waals surface area (Å²) in [7, 11) is 2.12. The lowest BCUT2D eigenvalue weighted by Crippen LogP contribution is -2.51. The highest BCUT2D eigenvalue weighted by atomic mass is 16.5. The molecule has 0 amide bonds. The zero-order valence-corrected chi connectivity index (χ0v) is 11.8. The van der Waals surface area contributed by atoms with Crippen molar-refractivity contribution in [1.82, 2.24) is 5.32 Å². The first-order valence-corrected chi connectivity index (χ1v) is 7.65. The van der Waals surface area contributed by atoms with Crippen molar-refractivity contribution in [2.45, 2.75) is 63.2 Å². The maximum absolute atomic E-state index is 6.05. The molecule has 4 atom stereocenters. The average Bonchev–Trinajstić information content (AvgIpc) is 2.75. The molecule has 1 N–H and O–H groups in total. The quantitative estimate of drug-likeness (QED) is 0.837. The van der Waals surface area contributed by atoms with E-state index in [-0.39, 0.29) is 5.60 Å². The van der Waals surface area contributed by atoms with Crippen LogP contribution in [0.4, 0.5) is 0 Å². The van der Waals surface area contributed by atoms with E-state index < -0.39 is 0 Å². The van der Waals surface area contributed by atoms with E-state index in [0.717, 1.165) is 19.1 Å². The Kier molecular flexibility index (Phi) is 3.65. The lowest BCUT2D eigenvalue weighted by atomic mass is 9.69. The summed E-state index contributed by atoms with van der Waals surface area (Å²) in [6.45, 7) is 4.10. The Morgan fingerprint density at radius 1 is 1.28 bits per heavy atom. The molecule has 4 unspecified atom stereocenters. The van der Waals surface area contributed by atoms with Crippen LogP contribution in [0, 0.1) is 11.8 Å². The number of rotatable bonds is 3. The van der Waals surface area contributed by atoms with Crippen LogP contribution in [-0.4, -0.2) is 38.0 Å². The Morgan fingerprint density at radius 3 is 2.67 bits per heavy atom. The highest BCUT2D eigenvalue weighted by Gasteiger charge is 2.45. The van der Waals surface area contributed by atoms with Gasteiger partial charge < -0.3 is 14.8 Å². The summed E-state index contributed by atoms with van der Waals surface area (Å²) in [5, 5.41) is 3.58. The standard InChI is InChI=1S/C15H27NO2/c1-11-8-13(10-17-11)14(16-2)12-4-7-18-15(9-12)5-3-6-15/h11-14,16H,3-10H2,1-2H3. The largest absolute Gasteiger partial charge is 0.378 e. The van der Waals surface area contributed by atoms with Crippen molar-refractivity contribution in [2.75, 3.05) is 20.3 Å². The molecule has 3 aliphatic rings. The second kappa shape index (κ2) is 5.10. The van der Waals surface area contributed by atoms with Crippen LogP contribution in [0.15, 0.2) is 0 Å². The molecule has 2 saturated heterocycles. The first-order chi connectivity index (χ1) is 8.72. The van der Waals surface area contributed by atoms with Crippen molar-refractivity contribution in [3.8, 4) is 0 Å². The second-order valence-corrected chi connectivity index (χ2v) is 6.59. The third kappa shape index (κ3) is 2.33. The number of nitrogens with one attached hydrogen (secondary N) is 1. The van der Waals surface area contributed by atoms with E-state index in [1.54, 1.807) is 0 Å². The zero-order valence-electron chi connectivity index (χ0n) is 11.8. The minimum atomic E-state index is 0.267. The molecule has 0 aromatic carbocycles. The van der Waals surface area contributed by atoms with Gasteiger partial charge in [-0.3, -0.25) is 0 Å². The highest BCUT2D eigenvalue weighted by Crippen LogP contribution is 2.46. The van der Waals surface area contributed by atoms with Gasteiger partial charge in [-0.25, -0.2) is 0 Å². The molecule has 0 radical (unpaired) electrons. The van der Waals surface area contributed by atoms with E-state index in [9.17, 15) is 0 Å². The summed E-state index contributed by atoms with van der Waals surface area (Å²) in [6.07, 6.45) is 8.09. The minimum absolute atomic E-state index is 0.267. The summed E-state index contributed by atoms with van der Waals surface area (Å²) in [5.74, 6) is 1.48. The summed E-state index contributed by atoms with van der Waals surface area (Å²) >= 11 is 0. The molecule has 104 valence electrons. The maximum atomic E-state index is 6.05. The molecule has 0 aromatic rings. The predicted molar refractivity (Wildman–Crippen MR) is 71.6 cm³/mol. The molecule has 18 heavy (non-hydrogen) atoms. The van der Waals surface area contributed by atoms with E-state index in [4.69, 9.17) is 9.47 Å². The van der Waals surface area contributed by atoms with Crippen LogP contribution < -0.4 is 5.32 Å². The van der Waals surface area contributed by atoms with Crippen molar-refractivity contribution < 1.29 is 9.47 Å². The Bertz CT molecular complexity index is 290. The van der Waals surface area contributed by atoms with Gasteiger partial charge in [0.1, 0.15) is 0 Å². The smallest absolute Gasteiger partial charge is 0.0685 e. The first-order valence-electron chi connectivity index (χ1n) is 7.65. The second-order valence-electron chi connectivity index (χ2n) is 6.59. The Morgan fingerprint density at radius 2 is 2.11 bits per heavy atom. The van der Waals surface area contributed by atoms with Crippen LogP contribution in [0.1, 0.15) is 45.4 Å². The van der Waals surface area contributed by atoms with Crippen molar-refractivity contribution in [2.24, 2.45) is 11.8 Å².